The molecule has 0 N–H and O–H groups in total. The van der Waals surface area contributed by atoms with Crippen LogP contribution in [0, 0.1) is 0 Å². The first-order valence-corrected chi connectivity index (χ1v) is 12.9. The second-order valence-corrected chi connectivity index (χ2v) is 5.25. The molecule has 0 rings (SSSR count). The molecule has 0 bridgehead atoms. The third kappa shape index (κ3) is 24400. The van der Waals surface area contributed by atoms with Crippen molar-refractivity contribution in [2.45, 2.75) is 0 Å². The molecule has 0 saturated heterocycles. The van der Waals surface area contributed by atoms with Crippen LogP contribution in [0.25, 0.3) is 0 Å². The van der Waals surface area contributed by atoms with Gasteiger partial charge in [0.2, 0.25) is 0 Å². The molecule has 0 radical (unpaired) electrons. The molecule has 34 heavy (non-hydrogen) atoms. The summed E-state index contributed by atoms with van der Waals surface area (Å²) in [6.07, 6.45) is 0. The van der Waals surface area contributed by atoms with E-state index in [0.717, 1.165) is 0 Å². The molecule has 0 amide bonds. The zero-order valence-electron chi connectivity index (χ0n) is 16.5. The molecule has 0 spiro atoms. The van der Waals surface area contributed by atoms with E-state index in [1.807, 2.05) is 0 Å². The molecule has 0 aromatic rings. The third-order valence-corrected chi connectivity index (χ3v) is 0. The fourth-order valence-corrected chi connectivity index (χ4v) is 0. The third-order valence-electron chi connectivity index (χ3n) is 0. The van der Waals surface area contributed by atoms with Gasteiger partial charge in [0.1, 0.15) is 0 Å². The molecule has 0 saturated carbocycles. The van der Waals surface area contributed by atoms with Gasteiger partial charge in [0.25, 0.3) is 0 Å². The van der Waals surface area contributed by atoms with E-state index in [2.05, 4.69) is 0 Å². The van der Waals surface area contributed by atoms with Crippen LogP contribution in [0.15, 0.2) is 0 Å². The molecule has 0 aromatic carbocycles. The van der Waals surface area contributed by atoms with E-state index in [4.69, 9.17) is 98.4 Å². The number of hydrogen-bond donors (Lipinski definition) is 0. The molecule has 34 heteroatoms. The second-order valence-electron chi connectivity index (χ2n) is 1.75. The first-order valence-electron chi connectivity index (χ1n) is 4.29. The normalized spacial score (nSPS) is 4.94. The first kappa shape index (κ1) is 83.5. The molecule has 168 valence electrons. The van der Waals surface area contributed by atoms with Crippen molar-refractivity contribution in [3.05, 3.63) is 0 Å². The van der Waals surface area contributed by atoms with Gasteiger partial charge in [-0.05, 0) is 0 Å². The predicted molar refractivity (Wildman–Crippen MR) is 45.1 cm³/mol. The van der Waals surface area contributed by atoms with E-state index in [0.29, 0.717) is 0 Å². The zero-order chi connectivity index (χ0) is 25.0. The Balaban J connectivity index is -0.0000000134. The van der Waals surface area contributed by atoms with Crippen LogP contribution in [0.5, 0.6) is 0 Å². The van der Waals surface area contributed by atoms with E-state index >= 15 is 0 Å². The summed E-state index contributed by atoms with van der Waals surface area (Å²) < 4.78 is 59.6. The van der Waals surface area contributed by atoms with Crippen molar-refractivity contribution in [2.24, 2.45) is 0 Å². The fraction of sp³-hybridized carbons (Fsp3) is 0. The Morgan fingerprint density at radius 3 is 0.265 bits per heavy atom. The molecule has 0 aliphatic heterocycles. The topological polar surface area (TPSA) is 442 Å². The van der Waals surface area contributed by atoms with E-state index in [1.165, 1.54) is 0 Å². The van der Waals surface area contributed by atoms with Gasteiger partial charge in [-0.15, -0.1) is 0 Å². The quantitative estimate of drug-likeness (QED) is 0.206. The van der Waals surface area contributed by atoms with Crippen LogP contribution in [-0.4, -0.2) is 64.2 Å². The van der Waals surface area contributed by atoms with Crippen LogP contribution in [0.2, 0.25) is 0 Å². The Labute approximate surface area is 279 Å². The van der Waals surface area contributed by atoms with Crippen LogP contribution >= 0.6 is 0 Å². The first-order chi connectivity index (χ1) is 12.1. The molecule has 0 aliphatic carbocycles. The maximum atomic E-state index is 8.52. The van der Waals surface area contributed by atoms with Crippen molar-refractivity contribution < 1.29 is 218 Å². The van der Waals surface area contributed by atoms with E-state index < -0.39 is 64.2 Å². The smallest absolute Gasteiger partial charge is 0.672 e. The molecule has 0 aliphatic rings. The van der Waals surface area contributed by atoms with E-state index in [-0.39, 0.29) is 120 Å². The summed E-state index contributed by atoms with van der Waals surface area (Å²) in [5.74, 6) is 0. The molecule has 21 nitrogen and oxygen atoms in total. The Morgan fingerprint density at radius 2 is 0.265 bits per heavy atom. The van der Waals surface area contributed by atoms with Gasteiger partial charge in [0, 0.05) is 64.2 Å². The van der Waals surface area contributed by atoms with Crippen molar-refractivity contribution in [1.29, 1.82) is 0 Å². The molecule has 0 atom stereocenters. The van der Waals surface area contributed by atoms with Crippen LogP contribution in [0.4, 0.5) is 0 Å². The largest absolute Gasteiger partial charge is 4.00 e. The molecule has 0 unspecified atom stereocenters. The predicted octanol–water partition coefficient (Wildman–Crippen LogP) is -26.1. The summed E-state index contributed by atoms with van der Waals surface area (Å²) in [7, 11) is -25.4. The summed E-state index contributed by atoms with van der Waals surface area (Å²) in [6, 6.07) is 0. The minimum absolute atomic E-state index is 0. The van der Waals surface area contributed by atoms with Crippen LogP contribution in [-0.2, 0) is 114 Å². The molecule has 0 heterocycles. The van der Waals surface area contributed by atoms with Gasteiger partial charge >= 0.3 is 120 Å². The summed E-state index contributed by atoms with van der Waals surface area (Å²) in [6.45, 7) is 0. The van der Waals surface area contributed by atoms with E-state index in [1.54, 1.807) is 0 Å². The van der Waals surface area contributed by atoms with Gasteiger partial charge in [-0.1, -0.05) is 0 Å². The minimum Gasteiger partial charge on any atom is -0.672 e. The summed E-state index contributed by atoms with van der Waals surface area (Å²) in [4.78, 5) is 119. The maximum absolute atomic E-state index is 8.52. The zero-order valence-corrected chi connectivity index (χ0v) is 32.5. The average molecular weight is 773 g/mol. The second kappa shape index (κ2) is 76.5. The summed E-state index contributed by atoms with van der Waals surface area (Å²) in [5, 5.41) is 0. The van der Waals surface area contributed by atoms with Gasteiger partial charge in [0.05, 0.1) is 0 Å². The Morgan fingerprint density at radius 1 is 0.265 bits per heavy atom. The Bertz CT molecular complexity index is 334. The minimum atomic E-state index is -3.63. The van der Waals surface area contributed by atoms with Gasteiger partial charge in [0.15, 0.2) is 0 Å². The van der Waals surface area contributed by atoms with Crippen molar-refractivity contribution in [2.75, 3.05) is 0 Å². The van der Waals surface area contributed by atoms with Crippen molar-refractivity contribution in [1.82, 2.24) is 0 Å². The number of rotatable bonds is 0. The van der Waals surface area contributed by atoms with Crippen molar-refractivity contribution in [3.63, 3.8) is 0 Å². The van der Waals surface area contributed by atoms with Crippen molar-refractivity contribution in [3.8, 4) is 0 Å². The standard InChI is InChI=1S/2Li.7O3Si.2Ti.2Zn/c;;7*1-4(2)3;;;;/q2*+1;7*-2;2*+4;2*+2. The monoisotopic (exact) mass is 770 g/mol. The summed E-state index contributed by atoms with van der Waals surface area (Å²) in [5.41, 5.74) is 0. The van der Waals surface area contributed by atoms with Crippen LogP contribution < -0.4 is 105 Å². The fourth-order valence-electron chi connectivity index (χ4n) is 0. The van der Waals surface area contributed by atoms with Crippen molar-refractivity contribution >= 4 is 64.2 Å². The number of hydrogen-bond acceptors (Lipinski definition) is 21. The maximum Gasteiger partial charge on any atom is 4.00 e. The Hall–Kier alpha value is 1.19. The van der Waals surface area contributed by atoms with Gasteiger partial charge < -0.3 is 98.4 Å². The average Bonchev–Trinajstić information content (AvgIpc) is 2.20. The van der Waals surface area contributed by atoms with Gasteiger partial charge in [-0.2, -0.15) is 0 Å². The van der Waals surface area contributed by atoms with E-state index in [9.17, 15) is 0 Å². The Kier molecular flexibility index (Phi) is 188. The molecule has 0 fully saturated rings. The SMILES string of the molecule is O=[Si]([O-])[O-].O=[Si]([O-])[O-].O=[Si]([O-])[O-].O=[Si]([O-])[O-].O=[Si]([O-])[O-].O=[Si]([O-])[O-].O=[Si]([O-])[O-].[Li+].[Li+].[Ti+4].[Ti+4].[Zn+2].[Zn+2]. The van der Waals surface area contributed by atoms with Crippen LogP contribution in [0.1, 0.15) is 0 Å². The molecule has 0 aromatic heterocycles. The molecular weight excluding hydrogens is 773 g/mol. The summed E-state index contributed by atoms with van der Waals surface area (Å²) >= 11 is 0. The van der Waals surface area contributed by atoms with Gasteiger partial charge in [-0.3, -0.25) is 0 Å². The molecular formula is Li2O21Si7Ti2Zn2. The van der Waals surface area contributed by atoms with Crippen LogP contribution in [0.3, 0.4) is 0 Å². The van der Waals surface area contributed by atoms with Gasteiger partial charge in [-0.25, -0.2) is 0 Å².